The lowest BCUT2D eigenvalue weighted by Gasteiger charge is -2.58. The Morgan fingerprint density at radius 2 is 2.00 bits per heavy atom. The summed E-state index contributed by atoms with van der Waals surface area (Å²) in [5, 5.41) is 29.4. The van der Waals surface area contributed by atoms with E-state index in [-0.39, 0.29) is 17.9 Å². The zero-order valence-electron chi connectivity index (χ0n) is 15.4. The second-order valence-electron chi connectivity index (χ2n) is 8.65. The van der Waals surface area contributed by atoms with Crippen molar-refractivity contribution in [2.75, 3.05) is 6.61 Å². The fourth-order valence-electron chi connectivity index (χ4n) is 5.50. The van der Waals surface area contributed by atoms with E-state index in [0.29, 0.717) is 18.3 Å². The van der Waals surface area contributed by atoms with E-state index in [0.717, 1.165) is 38.5 Å². The highest BCUT2D eigenvalue weighted by molar-refractivity contribution is 5.76. The molecule has 2 fully saturated rings. The SMILES string of the molecule is C=C1CC[C@@H]2[C@](C)(CC[C@@H](O)[C@]2(C)C(=O)O)[C@H]1CC[C@H](C)CCO. The molecule has 2 saturated carbocycles. The highest BCUT2D eigenvalue weighted by Gasteiger charge is 2.60. The summed E-state index contributed by atoms with van der Waals surface area (Å²) < 4.78 is 0. The van der Waals surface area contributed by atoms with Crippen LogP contribution in [0.4, 0.5) is 0 Å². The molecule has 3 N–H and O–H groups in total. The average molecular weight is 338 g/mol. The molecule has 0 aromatic heterocycles. The molecule has 2 rings (SSSR count). The maximum absolute atomic E-state index is 12.0. The van der Waals surface area contributed by atoms with Crippen LogP contribution in [-0.4, -0.2) is 34.0 Å². The summed E-state index contributed by atoms with van der Waals surface area (Å²) >= 11 is 0. The number of aliphatic hydroxyl groups excluding tert-OH is 2. The first-order valence-corrected chi connectivity index (χ1v) is 9.37. The second kappa shape index (κ2) is 7.17. The van der Waals surface area contributed by atoms with Gasteiger partial charge < -0.3 is 15.3 Å². The number of aliphatic hydroxyl groups is 2. The number of carbonyl (C=O) groups is 1. The lowest BCUT2D eigenvalue weighted by molar-refractivity contribution is -0.183. The van der Waals surface area contributed by atoms with Gasteiger partial charge in [0.2, 0.25) is 0 Å². The van der Waals surface area contributed by atoms with E-state index in [4.69, 9.17) is 5.11 Å². The van der Waals surface area contributed by atoms with Gasteiger partial charge in [0.15, 0.2) is 0 Å². The van der Waals surface area contributed by atoms with Crippen LogP contribution in [0.2, 0.25) is 0 Å². The summed E-state index contributed by atoms with van der Waals surface area (Å²) in [6.07, 6.45) is 5.13. The third kappa shape index (κ3) is 3.15. The van der Waals surface area contributed by atoms with Gasteiger partial charge in [-0.05, 0) is 68.6 Å². The number of allylic oxidation sites excluding steroid dienone is 1. The van der Waals surface area contributed by atoms with Gasteiger partial charge in [-0.25, -0.2) is 0 Å². The molecule has 0 aromatic rings. The predicted octanol–water partition coefficient (Wildman–Crippen LogP) is 3.62. The lowest BCUT2D eigenvalue weighted by atomic mass is 9.46. The van der Waals surface area contributed by atoms with Gasteiger partial charge in [-0.2, -0.15) is 0 Å². The van der Waals surface area contributed by atoms with Crippen molar-refractivity contribution in [2.24, 2.45) is 28.6 Å². The van der Waals surface area contributed by atoms with Gasteiger partial charge in [0.25, 0.3) is 0 Å². The van der Waals surface area contributed by atoms with Gasteiger partial charge in [-0.3, -0.25) is 4.79 Å². The number of carboxylic acids is 1. The summed E-state index contributed by atoms with van der Waals surface area (Å²) in [7, 11) is 0. The van der Waals surface area contributed by atoms with Gasteiger partial charge in [-0.15, -0.1) is 0 Å². The van der Waals surface area contributed by atoms with Crippen LogP contribution in [0, 0.1) is 28.6 Å². The molecule has 6 atom stereocenters. The van der Waals surface area contributed by atoms with E-state index in [9.17, 15) is 15.0 Å². The average Bonchev–Trinajstić information content (AvgIpc) is 2.50. The number of fused-ring (bicyclic) bond motifs is 1. The molecule has 4 nitrogen and oxygen atoms in total. The molecule has 0 spiro atoms. The molecule has 0 aromatic carbocycles. The Bertz CT molecular complexity index is 488. The molecule has 0 heterocycles. The van der Waals surface area contributed by atoms with Crippen molar-refractivity contribution in [3.63, 3.8) is 0 Å². The number of hydrogen-bond acceptors (Lipinski definition) is 3. The molecule has 0 radical (unpaired) electrons. The van der Waals surface area contributed by atoms with Crippen molar-refractivity contribution in [3.8, 4) is 0 Å². The van der Waals surface area contributed by atoms with Gasteiger partial charge >= 0.3 is 5.97 Å². The largest absolute Gasteiger partial charge is 0.481 e. The van der Waals surface area contributed by atoms with E-state index in [2.05, 4.69) is 20.4 Å². The van der Waals surface area contributed by atoms with E-state index in [1.807, 2.05) is 0 Å². The lowest BCUT2D eigenvalue weighted by Crippen LogP contribution is -2.59. The van der Waals surface area contributed by atoms with Crippen molar-refractivity contribution in [1.29, 1.82) is 0 Å². The van der Waals surface area contributed by atoms with Crippen LogP contribution in [0.1, 0.15) is 65.7 Å². The van der Waals surface area contributed by atoms with Crippen LogP contribution >= 0.6 is 0 Å². The Morgan fingerprint density at radius 3 is 2.58 bits per heavy atom. The third-order valence-electron chi connectivity index (χ3n) is 7.24. The Morgan fingerprint density at radius 1 is 1.33 bits per heavy atom. The molecule has 24 heavy (non-hydrogen) atoms. The van der Waals surface area contributed by atoms with Crippen LogP contribution < -0.4 is 0 Å². The van der Waals surface area contributed by atoms with Gasteiger partial charge in [-0.1, -0.05) is 32.4 Å². The Kier molecular flexibility index (Phi) is 5.81. The van der Waals surface area contributed by atoms with Gasteiger partial charge in [0.05, 0.1) is 11.5 Å². The maximum Gasteiger partial charge on any atom is 0.312 e. The summed E-state index contributed by atoms with van der Waals surface area (Å²) in [4.78, 5) is 12.0. The Balaban J connectivity index is 2.26. The van der Waals surface area contributed by atoms with Crippen LogP contribution in [-0.2, 0) is 4.79 Å². The number of carboxylic acid groups (broad SMARTS) is 1. The van der Waals surface area contributed by atoms with Crippen LogP contribution in [0.25, 0.3) is 0 Å². The minimum atomic E-state index is -1.07. The molecule has 2 aliphatic rings. The van der Waals surface area contributed by atoms with Crippen molar-refractivity contribution in [3.05, 3.63) is 12.2 Å². The van der Waals surface area contributed by atoms with Crippen LogP contribution in [0.3, 0.4) is 0 Å². The smallest absolute Gasteiger partial charge is 0.312 e. The predicted molar refractivity (Wildman–Crippen MR) is 94.5 cm³/mol. The molecule has 138 valence electrons. The van der Waals surface area contributed by atoms with Crippen LogP contribution in [0.15, 0.2) is 12.2 Å². The standard InChI is InChI=1S/C20H34O4/c1-13(10-12-21)5-7-15-14(2)6-8-16-19(15,3)11-9-17(22)20(16,4)18(23)24/h13,15-17,21-22H,2,5-12H2,1,3-4H3,(H,23,24)/t13-,15-,16+,17+,19+,20+/m0/s1. The fourth-order valence-corrected chi connectivity index (χ4v) is 5.50. The second-order valence-corrected chi connectivity index (χ2v) is 8.65. The monoisotopic (exact) mass is 338 g/mol. The van der Waals surface area contributed by atoms with Gasteiger partial charge in [0.1, 0.15) is 0 Å². The third-order valence-corrected chi connectivity index (χ3v) is 7.24. The topological polar surface area (TPSA) is 77.8 Å². The molecule has 0 bridgehead atoms. The number of aliphatic carboxylic acids is 1. The maximum atomic E-state index is 12.0. The van der Waals surface area contributed by atoms with Crippen molar-refractivity contribution in [2.45, 2.75) is 71.8 Å². The summed E-state index contributed by atoms with van der Waals surface area (Å²) in [5.41, 5.74) is 0.0672. The van der Waals surface area contributed by atoms with E-state index < -0.39 is 17.5 Å². The zero-order chi connectivity index (χ0) is 18.1. The molecule has 0 amide bonds. The summed E-state index contributed by atoms with van der Waals surface area (Å²) in [6, 6.07) is 0. The Labute approximate surface area is 146 Å². The molecule has 4 heteroatoms. The van der Waals surface area contributed by atoms with E-state index in [1.54, 1.807) is 6.92 Å². The molecular formula is C20H34O4. The minimum Gasteiger partial charge on any atom is -0.481 e. The first kappa shape index (κ1) is 19.5. The Hall–Kier alpha value is -0.870. The number of rotatable bonds is 6. The zero-order valence-corrected chi connectivity index (χ0v) is 15.4. The summed E-state index contributed by atoms with van der Waals surface area (Å²) in [6.45, 7) is 10.6. The molecule has 0 saturated heterocycles. The van der Waals surface area contributed by atoms with Crippen LogP contribution in [0.5, 0.6) is 0 Å². The highest BCUT2D eigenvalue weighted by atomic mass is 16.4. The van der Waals surface area contributed by atoms with Crippen molar-refractivity contribution >= 4 is 5.97 Å². The van der Waals surface area contributed by atoms with Gasteiger partial charge in [0, 0.05) is 6.61 Å². The normalized spacial score (nSPS) is 40.9. The quantitative estimate of drug-likeness (QED) is 0.646. The first-order chi connectivity index (χ1) is 11.2. The fraction of sp³-hybridized carbons (Fsp3) is 0.850. The summed E-state index contributed by atoms with van der Waals surface area (Å²) in [5.74, 6) is -0.115. The van der Waals surface area contributed by atoms with Crippen molar-refractivity contribution < 1.29 is 20.1 Å². The van der Waals surface area contributed by atoms with E-state index in [1.165, 1.54) is 5.57 Å². The molecule has 0 unspecified atom stereocenters. The number of hydrogen-bond donors (Lipinski definition) is 3. The van der Waals surface area contributed by atoms with Crippen molar-refractivity contribution in [1.82, 2.24) is 0 Å². The first-order valence-electron chi connectivity index (χ1n) is 9.37. The molecule has 2 aliphatic carbocycles. The van der Waals surface area contributed by atoms with E-state index >= 15 is 0 Å². The minimum absolute atomic E-state index is 0.0186. The molecular weight excluding hydrogens is 304 g/mol. The molecule has 0 aliphatic heterocycles. The highest BCUT2D eigenvalue weighted by Crippen LogP contribution is 2.62.